The second-order valence-corrected chi connectivity index (χ2v) is 8.19. The molecule has 1 amide bonds. The maximum Gasteiger partial charge on any atom is 0.257 e. The molecule has 0 aliphatic heterocycles. The average Bonchev–Trinajstić information content (AvgIpc) is 2.85. The largest absolute Gasteiger partial charge is 0.323 e. The minimum Gasteiger partial charge on any atom is -0.323 e. The summed E-state index contributed by atoms with van der Waals surface area (Å²) in [6.07, 6.45) is 7.67. The van der Waals surface area contributed by atoms with Crippen molar-refractivity contribution in [2.75, 3.05) is 31.3 Å². The van der Waals surface area contributed by atoms with Crippen molar-refractivity contribution in [3.8, 4) is 11.3 Å². The van der Waals surface area contributed by atoms with E-state index in [1.807, 2.05) is 49.4 Å². The highest BCUT2D eigenvalue weighted by Crippen LogP contribution is 2.21. The number of hydrogen-bond donors (Lipinski definition) is 2. The van der Waals surface area contributed by atoms with E-state index in [2.05, 4.69) is 49.6 Å². The molecule has 0 saturated carbocycles. The molecule has 4 aromatic rings. The molecule has 0 atom stereocenters. The Bertz CT molecular complexity index is 1260. The first-order valence-electron chi connectivity index (χ1n) is 11.0. The molecule has 0 unspecified atom stereocenters. The van der Waals surface area contributed by atoms with E-state index in [0.29, 0.717) is 17.2 Å². The maximum absolute atomic E-state index is 12.8. The van der Waals surface area contributed by atoms with Crippen molar-refractivity contribution >= 4 is 23.2 Å². The molecule has 0 bridgehead atoms. The molecule has 0 aliphatic rings. The van der Waals surface area contributed by atoms with E-state index in [0.717, 1.165) is 35.6 Å². The predicted octanol–water partition coefficient (Wildman–Crippen LogP) is 4.34. The van der Waals surface area contributed by atoms with E-state index in [1.165, 1.54) is 5.56 Å². The number of anilines is 3. The molecule has 3 aromatic heterocycles. The Morgan fingerprint density at radius 3 is 2.56 bits per heavy atom. The molecule has 34 heavy (non-hydrogen) atoms. The number of carbonyl (C=O) groups excluding carboxylic acids is 1. The molecule has 2 N–H and O–H groups in total. The van der Waals surface area contributed by atoms with E-state index in [1.54, 1.807) is 30.9 Å². The molecule has 1 aromatic carbocycles. The van der Waals surface area contributed by atoms with Crippen LogP contribution < -0.4 is 10.6 Å². The third-order valence-electron chi connectivity index (χ3n) is 5.27. The van der Waals surface area contributed by atoms with Crippen LogP contribution in [0.4, 0.5) is 17.3 Å². The van der Waals surface area contributed by atoms with Crippen molar-refractivity contribution in [1.29, 1.82) is 0 Å². The van der Waals surface area contributed by atoms with Crippen LogP contribution >= 0.6 is 0 Å². The van der Waals surface area contributed by atoms with Crippen LogP contribution in [0.1, 0.15) is 21.6 Å². The number of hydrogen-bond acceptors (Lipinski definition) is 7. The number of benzene rings is 1. The van der Waals surface area contributed by atoms with Gasteiger partial charge in [-0.25, -0.2) is 9.97 Å². The quantitative estimate of drug-likeness (QED) is 0.410. The third-order valence-corrected chi connectivity index (χ3v) is 5.27. The molecule has 0 fully saturated rings. The molecule has 0 radical (unpaired) electrons. The molecule has 0 saturated heterocycles. The summed E-state index contributed by atoms with van der Waals surface area (Å²) >= 11 is 0. The summed E-state index contributed by atoms with van der Waals surface area (Å²) in [4.78, 5) is 32.4. The Hall–Kier alpha value is -4.17. The lowest BCUT2D eigenvalue weighted by Gasteiger charge is -2.12. The van der Waals surface area contributed by atoms with Gasteiger partial charge in [0, 0.05) is 42.6 Å². The van der Waals surface area contributed by atoms with Gasteiger partial charge in [-0.15, -0.1) is 0 Å². The molecule has 8 nitrogen and oxygen atoms in total. The van der Waals surface area contributed by atoms with Gasteiger partial charge in [0.25, 0.3) is 5.91 Å². The second-order valence-electron chi connectivity index (χ2n) is 8.19. The fourth-order valence-corrected chi connectivity index (χ4v) is 3.31. The van der Waals surface area contributed by atoms with Crippen molar-refractivity contribution in [1.82, 2.24) is 24.8 Å². The van der Waals surface area contributed by atoms with Gasteiger partial charge in [0.05, 0.1) is 22.6 Å². The van der Waals surface area contributed by atoms with Crippen molar-refractivity contribution in [3.63, 3.8) is 0 Å². The van der Waals surface area contributed by atoms with Crippen molar-refractivity contribution < 1.29 is 4.79 Å². The van der Waals surface area contributed by atoms with Crippen LogP contribution in [0, 0.1) is 6.92 Å². The van der Waals surface area contributed by atoms with E-state index in [9.17, 15) is 4.79 Å². The van der Waals surface area contributed by atoms with E-state index in [-0.39, 0.29) is 5.91 Å². The minimum absolute atomic E-state index is 0.235. The van der Waals surface area contributed by atoms with Gasteiger partial charge in [0.15, 0.2) is 0 Å². The van der Waals surface area contributed by atoms with Gasteiger partial charge in [-0.3, -0.25) is 14.8 Å². The normalized spacial score (nSPS) is 10.8. The highest BCUT2D eigenvalue weighted by Gasteiger charge is 2.11. The Morgan fingerprint density at radius 1 is 1.00 bits per heavy atom. The Morgan fingerprint density at radius 2 is 1.82 bits per heavy atom. The average molecular weight is 454 g/mol. The fourth-order valence-electron chi connectivity index (χ4n) is 3.31. The summed E-state index contributed by atoms with van der Waals surface area (Å²) in [7, 11) is 4.10. The van der Waals surface area contributed by atoms with Gasteiger partial charge >= 0.3 is 0 Å². The number of amides is 1. The zero-order chi connectivity index (χ0) is 23.9. The molecule has 8 heteroatoms. The van der Waals surface area contributed by atoms with Crippen LogP contribution in [-0.2, 0) is 6.42 Å². The number of aryl methyl sites for hydroxylation is 1. The summed E-state index contributed by atoms with van der Waals surface area (Å²) in [5.41, 5.74) is 5.44. The monoisotopic (exact) mass is 453 g/mol. The zero-order valence-electron chi connectivity index (χ0n) is 19.5. The molecule has 4 rings (SSSR count). The fraction of sp³-hybridized carbons (Fsp3) is 0.192. The van der Waals surface area contributed by atoms with Crippen LogP contribution in [0.2, 0.25) is 0 Å². The summed E-state index contributed by atoms with van der Waals surface area (Å²) in [5, 5.41) is 6.12. The second kappa shape index (κ2) is 10.6. The van der Waals surface area contributed by atoms with E-state index in [4.69, 9.17) is 0 Å². The molecule has 0 aliphatic carbocycles. The van der Waals surface area contributed by atoms with Gasteiger partial charge in [-0.05, 0) is 69.4 Å². The Kier molecular flexibility index (Phi) is 7.19. The summed E-state index contributed by atoms with van der Waals surface area (Å²) < 4.78 is 0. The Labute approximate surface area is 199 Å². The first kappa shape index (κ1) is 23.0. The zero-order valence-corrected chi connectivity index (χ0v) is 19.5. The van der Waals surface area contributed by atoms with E-state index < -0.39 is 0 Å². The third kappa shape index (κ3) is 5.99. The van der Waals surface area contributed by atoms with Gasteiger partial charge in [-0.1, -0.05) is 12.1 Å². The lowest BCUT2D eigenvalue weighted by atomic mass is 10.1. The predicted molar refractivity (Wildman–Crippen MR) is 134 cm³/mol. The first-order valence-corrected chi connectivity index (χ1v) is 11.0. The standard InChI is InChI=1S/C26H27N7O/c1-18-24(32-26-28-13-10-23(31-26)20-5-4-12-27-16-20)15-21(17-29-18)25(34)30-22-8-6-19(7-9-22)11-14-33(2)3/h4-10,12-13,15-17H,11,14H2,1-3H3,(H,30,34)(H,28,31,32). The highest BCUT2D eigenvalue weighted by molar-refractivity contribution is 6.04. The first-order chi connectivity index (χ1) is 16.5. The van der Waals surface area contributed by atoms with Crippen molar-refractivity contribution in [3.05, 3.63) is 90.1 Å². The molecule has 0 spiro atoms. The van der Waals surface area contributed by atoms with Gasteiger partial charge in [0.2, 0.25) is 5.95 Å². The topological polar surface area (TPSA) is 95.9 Å². The smallest absolute Gasteiger partial charge is 0.257 e. The van der Waals surface area contributed by atoms with Gasteiger partial charge < -0.3 is 15.5 Å². The van der Waals surface area contributed by atoms with Crippen LogP contribution in [0.25, 0.3) is 11.3 Å². The van der Waals surface area contributed by atoms with Gasteiger partial charge in [0.1, 0.15) is 0 Å². The minimum atomic E-state index is -0.235. The number of likely N-dealkylation sites (N-methyl/N-ethyl adjacent to an activating group) is 1. The van der Waals surface area contributed by atoms with Gasteiger partial charge in [-0.2, -0.15) is 0 Å². The summed E-state index contributed by atoms with van der Waals surface area (Å²) in [6.45, 7) is 2.84. The lowest BCUT2D eigenvalue weighted by Crippen LogP contribution is -2.15. The molecule has 3 heterocycles. The summed E-state index contributed by atoms with van der Waals surface area (Å²) in [6, 6.07) is 15.3. The van der Waals surface area contributed by atoms with Crippen molar-refractivity contribution in [2.24, 2.45) is 0 Å². The van der Waals surface area contributed by atoms with Crippen LogP contribution in [-0.4, -0.2) is 51.4 Å². The van der Waals surface area contributed by atoms with Crippen LogP contribution in [0.5, 0.6) is 0 Å². The molecular formula is C26H27N7O. The van der Waals surface area contributed by atoms with Crippen LogP contribution in [0.15, 0.2) is 73.3 Å². The van der Waals surface area contributed by atoms with Crippen molar-refractivity contribution in [2.45, 2.75) is 13.3 Å². The molecule has 172 valence electrons. The number of carbonyl (C=O) groups is 1. The SMILES string of the molecule is Cc1ncc(C(=O)Nc2ccc(CCN(C)C)cc2)cc1Nc1nccc(-c2cccnc2)n1. The summed E-state index contributed by atoms with van der Waals surface area (Å²) in [5.74, 6) is 0.179. The van der Waals surface area contributed by atoms with Crippen LogP contribution in [0.3, 0.4) is 0 Å². The number of pyridine rings is 2. The Balaban J connectivity index is 1.46. The number of rotatable bonds is 8. The lowest BCUT2D eigenvalue weighted by molar-refractivity contribution is 0.102. The number of nitrogens with zero attached hydrogens (tertiary/aromatic N) is 5. The number of aromatic nitrogens is 4. The molecular weight excluding hydrogens is 426 g/mol. The highest BCUT2D eigenvalue weighted by atomic mass is 16.1. The van der Waals surface area contributed by atoms with E-state index >= 15 is 0 Å². The number of nitrogens with one attached hydrogen (secondary N) is 2. The maximum atomic E-state index is 12.8.